The number of nitrogens with one attached hydrogen (secondary N) is 1. The van der Waals surface area contributed by atoms with Gasteiger partial charge in [0.05, 0.1) is 0 Å². The Balaban J connectivity index is 2.65. The van der Waals surface area contributed by atoms with E-state index in [1.54, 1.807) is 0 Å². The molecule has 0 aromatic rings. The molecule has 0 saturated carbocycles. The summed E-state index contributed by atoms with van der Waals surface area (Å²) in [5, 5.41) is 3.77. The summed E-state index contributed by atoms with van der Waals surface area (Å²) < 4.78 is 0. The van der Waals surface area contributed by atoms with Gasteiger partial charge in [0.2, 0.25) is 0 Å². The molecule has 0 bridgehead atoms. The number of hydrogen-bond acceptors (Lipinski definition) is 1. The zero-order valence-corrected chi connectivity index (χ0v) is 13.9. The first-order valence-corrected chi connectivity index (χ1v) is 8.41. The highest BCUT2D eigenvalue weighted by molar-refractivity contribution is 5.33. The molecule has 114 valence electrons. The fourth-order valence-electron chi connectivity index (χ4n) is 2.69. The zero-order chi connectivity index (χ0) is 14.8. The third kappa shape index (κ3) is 6.56. The van der Waals surface area contributed by atoms with Crippen LogP contribution in [0.15, 0.2) is 35.5 Å². The minimum absolute atomic E-state index is 0.639. The molecule has 0 aromatic heterocycles. The minimum atomic E-state index is 0.639. The first-order chi connectivity index (χ1) is 9.65. The molecule has 1 unspecified atom stereocenters. The fraction of sp³-hybridized carbons (Fsp3) is 0.684. The monoisotopic (exact) mass is 275 g/mol. The molecule has 0 spiro atoms. The second-order valence-electron chi connectivity index (χ2n) is 6.31. The molecule has 0 radical (unpaired) electrons. The maximum Gasteiger partial charge on any atom is 0.0207 e. The molecule has 1 atom stereocenters. The van der Waals surface area contributed by atoms with E-state index in [0.29, 0.717) is 12.0 Å². The summed E-state index contributed by atoms with van der Waals surface area (Å²) in [7, 11) is 0. The molecule has 1 aliphatic rings. The van der Waals surface area contributed by atoms with E-state index in [0.717, 1.165) is 6.54 Å². The Kier molecular flexibility index (Phi) is 8.60. The predicted octanol–water partition coefficient (Wildman–Crippen LogP) is 5.40. The second kappa shape index (κ2) is 9.99. The number of rotatable bonds is 6. The molecule has 0 heterocycles. The lowest BCUT2D eigenvalue weighted by Crippen LogP contribution is -2.35. The van der Waals surface area contributed by atoms with Crippen LogP contribution in [0, 0.1) is 5.92 Å². The Bertz CT molecular complexity index is 347. The fourth-order valence-corrected chi connectivity index (χ4v) is 2.69. The average Bonchev–Trinajstić information content (AvgIpc) is 2.43. The normalized spacial score (nSPS) is 25.4. The van der Waals surface area contributed by atoms with Gasteiger partial charge in [-0.1, -0.05) is 51.5 Å². The molecule has 1 rings (SSSR count). The van der Waals surface area contributed by atoms with E-state index in [1.165, 1.54) is 49.7 Å². The van der Waals surface area contributed by atoms with E-state index in [9.17, 15) is 0 Å². The summed E-state index contributed by atoms with van der Waals surface area (Å²) >= 11 is 0. The average molecular weight is 275 g/mol. The molecular weight excluding hydrogens is 242 g/mol. The summed E-state index contributed by atoms with van der Waals surface area (Å²) in [4.78, 5) is 0. The number of hydrogen-bond donors (Lipinski definition) is 1. The highest BCUT2D eigenvalue weighted by Crippen LogP contribution is 2.16. The van der Waals surface area contributed by atoms with Gasteiger partial charge in [-0.2, -0.15) is 0 Å². The van der Waals surface area contributed by atoms with Crippen molar-refractivity contribution in [2.24, 2.45) is 5.92 Å². The van der Waals surface area contributed by atoms with E-state index < -0.39 is 0 Å². The molecule has 0 aliphatic heterocycles. The van der Waals surface area contributed by atoms with Gasteiger partial charge in [-0.25, -0.2) is 0 Å². The summed E-state index contributed by atoms with van der Waals surface area (Å²) in [6.07, 6.45) is 16.8. The molecule has 1 N–H and O–H groups in total. The lowest BCUT2D eigenvalue weighted by Gasteiger charge is -2.23. The van der Waals surface area contributed by atoms with Gasteiger partial charge in [0.25, 0.3) is 0 Å². The van der Waals surface area contributed by atoms with Crippen molar-refractivity contribution in [2.75, 3.05) is 6.54 Å². The van der Waals surface area contributed by atoms with Crippen LogP contribution < -0.4 is 5.32 Å². The van der Waals surface area contributed by atoms with Crippen molar-refractivity contribution in [3.8, 4) is 0 Å². The van der Waals surface area contributed by atoms with Crippen LogP contribution in [0.1, 0.15) is 66.2 Å². The highest BCUT2D eigenvalue weighted by Gasteiger charge is 2.12. The highest BCUT2D eigenvalue weighted by atomic mass is 14.9. The molecule has 0 aromatic carbocycles. The van der Waals surface area contributed by atoms with Gasteiger partial charge in [-0.05, 0) is 56.1 Å². The van der Waals surface area contributed by atoms with Gasteiger partial charge in [-0.15, -0.1) is 0 Å². The first-order valence-electron chi connectivity index (χ1n) is 8.41. The summed E-state index contributed by atoms with van der Waals surface area (Å²) in [6, 6.07) is 0.639. The van der Waals surface area contributed by atoms with Crippen LogP contribution in [0.5, 0.6) is 0 Å². The van der Waals surface area contributed by atoms with Crippen molar-refractivity contribution in [1.29, 1.82) is 0 Å². The largest absolute Gasteiger partial charge is 0.310 e. The van der Waals surface area contributed by atoms with Crippen molar-refractivity contribution in [3.63, 3.8) is 0 Å². The summed E-state index contributed by atoms with van der Waals surface area (Å²) in [5.74, 6) is 0.708. The minimum Gasteiger partial charge on any atom is -0.310 e. The van der Waals surface area contributed by atoms with Crippen LogP contribution in [0.25, 0.3) is 0 Å². The van der Waals surface area contributed by atoms with Crippen molar-refractivity contribution >= 4 is 0 Å². The Morgan fingerprint density at radius 1 is 1.20 bits per heavy atom. The lowest BCUT2D eigenvalue weighted by atomic mass is 9.97. The van der Waals surface area contributed by atoms with E-state index in [1.807, 2.05) is 0 Å². The molecule has 0 saturated heterocycles. The van der Waals surface area contributed by atoms with E-state index in [-0.39, 0.29) is 0 Å². The molecule has 1 nitrogen and oxygen atoms in total. The topological polar surface area (TPSA) is 12.0 Å². The van der Waals surface area contributed by atoms with Crippen molar-refractivity contribution < 1.29 is 0 Å². The van der Waals surface area contributed by atoms with Gasteiger partial charge < -0.3 is 5.32 Å². The second-order valence-corrected chi connectivity index (χ2v) is 6.31. The van der Waals surface area contributed by atoms with Crippen molar-refractivity contribution in [1.82, 2.24) is 5.32 Å². The van der Waals surface area contributed by atoms with Gasteiger partial charge in [0.1, 0.15) is 0 Å². The van der Waals surface area contributed by atoms with Gasteiger partial charge in [0, 0.05) is 12.6 Å². The Hall–Kier alpha value is -0.820. The van der Waals surface area contributed by atoms with Crippen LogP contribution >= 0.6 is 0 Å². The molecule has 0 fully saturated rings. The van der Waals surface area contributed by atoms with E-state index in [2.05, 4.69) is 57.3 Å². The molecule has 1 aliphatic carbocycles. The van der Waals surface area contributed by atoms with Crippen LogP contribution in [0.4, 0.5) is 0 Å². The van der Waals surface area contributed by atoms with Crippen molar-refractivity contribution in [3.05, 3.63) is 35.5 Å². The lowest BCUT2D eigenvalue weighted by molar-refractivity contribution is 0.385. The van der Waals surface area contributed by atoms with Gasteiger partial charge in [0.15, 0.2) is 0 Å². The molecular formula is C19H33N. The maximum absolute atomic E-state index is 3.77. The summed E-state index contributed by atoms with van der Waals surface area (Å²) in [5.41, 5.74) is 2.90. The van der Waals surface area contributed by atoms with Gasteiger partial charge >= 0.3 is 0 Å². The first kappa shape index (κ1) is 17.2. The SMILES string of the molecule is CCCC(NCC1=C\CCCC/C=C/C=C\1C)C(C)C. The van der Waals surface area contributed by atoms with E-state index >= 15 is 0 Å². The quantitative estimate of drug-likeness (QED) is 0.684. The smallest absolute Gasteiger partial charge is 0.0207 e. The van der Waals surface area contributed by atoms with E-state index in [4.69, 9.17) is 0 Å². The van der Waals surface area contributed by atoms with Crippen LogP contribution in [-0.4, -0.2) is 12.6 Å². The standard InChI is InChI=1S/C19H33N/c1-5-12-19(16(2)3)20-15-18-14-11-9-7-6-8-10-13-17(18)4/h8,10,13-14,16,19-20H,5-7,9,11-12,15H2,1-4H3/b10-8+,17-13-,18-14+. The Morgan fingerprint density at radius 2 is 1.95 bits per heavy atom. The molecule has 0 amide bonds. The Morgan fingerprint density at radius 3 is 2.65 bits per heavy atom. The van der Waals surface area contributed by atoms with Crippen LogP contribution in [0.3, 0.4) is 0 Å². The third-order valence-corrected chi connectivity index (χ3v) is 4.16. The summed E-state index contributed by atoms with van der Waals surface area (Å²) in [6.45, 7) is 10.2. The van der Waals surface area contributed by atoms with Crippen LogP contribution in [0.2, 0.25) is 0 Å². The molecule has 1 heteroatoms. The zero-order valence-electron chi connectivity index (χ0n) is 13.9. The number of allylic oxidation sites excluding steroid dienone is 4. The third-order valence-electron chi connectivity index (χ3n) is 4.16. The molecule has 20 heavy (non-hydrogen) atoms. The van der Waals surface area contributed by atoms with Crippen molar-refractivity contribution in [2.45, 2.75) is 72.3 Å². The predicted molar refractivity (Wildman–Crippen MR) is 91.0 cm³/mol. The van der Waals surface area contributed by atoms with Gasteiger partial charge in [-0.3, -0.25) is 0 Å². The Labute approximate surface area is 126 Å². The van der Waals surface area contributed by atoms with Crippen LogP contribution in [-0.2, 0) is 0 Å². The maximum atomic E-state index is 3.77.